The van der Waals surface area contributed by atoms with Crippen LogP contribution in [0.25, 0.3) is 5.69 Å². The monoisotopic (exact) mass is 404 g/mol. The number of hydrogen-bond acceptors (Lipinski definition) is 6. The van der Waals surface area contributed by atoms with Crippen LogP contribution < -0.4 is 10.6 Å². The smallest absolute Gasteiger partial charge is 0.316 e. The number of ether oxygens (including phenoxy) is 1. The number of hydrogen-bond donors (Lipinski definition) is 2. The molecule has 0 unspecified atom stereocenters. The predicted molar refractivity (Wildman–Crippen MR) is 106 cm³/mol. The predicted octanol–water partition coefficient (Wildman–Crippen LogP) is 1.38. The Balaban J connectivity index is 1.82. The van der Waals surface area contributed by atoms with Crippen molar-refractivity contribution in [3.8, 4) is 5.69 Å². The first-order chi connectivity index (χ1) is 13.4. The van der Waals surface area contributed by atoms with Gasteiger partial charge in [0.05, 0.1) is 34.3 Å². The molecule has 0 fully saturated rings. The van der Waals surface area contributed by atoms with Crippen LogP contribution in [0.1, 0.15) is 18.3 Å². The molecule has 2 amide bonds. The van der Waals surface area contributed by atoms with Gasteiger partial charge in [-0.05, 0) is 32.9 Å². The highest BCUT2D eigenvalue weighted by Crippen LogP contribution is 2.27. The molecule has 2 N–H and O–H groups in total. The first-order valence-electron chi connectivity index (χ1n) is 8.85. The first kappa shape index (κ1) is 21.5. The summed E-state index contributed by atoms with van der Waals surface area (Å²) in [5.74, 6) is -1.26. The number of aromatic nitrogens is 2. The number of para-hydroxylation sites is 1. The van der Waals surface area contributed by atoms with E-state index in [4.69, 9.17) is 4.74 Å². The zero-order valence-corrected chi connectivity index (χ0v) is 17.0. The Morgan fingerprint density at radius 1 is 1.11 bits per heavy atom. The molecule has 2 aromatic rings. The number of benzene rings is 1. The standard InChI is InChI=1S/C19H24N4O4S/c1-4-20-16(24)10-21-17(25)11-27-18(26)12-28-19-13(2)22-23(14(19)3)15-8-6-5-7-9-15/h5-9H,4,10-12H2,1-3H3,(H,20,24)(H,21,25). The van der Waals surface area contributed by atoms with Crippen LogP contribution in [0.5, 0.6) is 0 Å². The molecule has 0 saturated carbocycles. The highest BCUT2D eigenvalue weighted by atomic mass is 32.2. The summed E-state index contributed by atoms with van der Waals surface area (Å²) < 4.78 is 6.79. The number of rotatable bonds is 9. The van der Waals surface area contributed by atoms with E-state index in [0.717, 1.165) is 22.0 Å². The van der Waals surface area contributed by atoms with Gasteiger partial charge >= 0.3 is 5.97 Å². The lowest BCUT2D eigenvalue weighted by molar-refractivity contribution is -0.146. The van der Waals surface area contributed by atoms with Crippen molar-refractivity contribution in [1.29, 1.82) is 0 Å². The van der Waals surface area contributed by atoms with Gasteiger partial charge in [0.1, 0.15) is 0 Å². The molecule has 0 radical (unpaired) electrons. The van der Waals surface area contributed by atoms with Gasteiger partial charge in [-0.2, -0.15) is 5.10 Å². The van der Waals surface area contributed by atoms with Gasteiger partial charge in [0.2, 0.25) is 5.91 Å². The van der Waals surface area contributed by atoms with Crippen molar-refractivity contribution in [2.45, 2.75) is 25.7 Å². The molecule has 0 aliphatic heterocycles. The number of likely N-dealkylation sites (N-methyl/N-ethyl adjacent to an activating group) is 1. The molecule has 1 aromatic heterocycles. The minimum absolute atomic E-state index is 0.0613. The van der Waals surface area contributed by atoms with Crippen LogP contribution in [0.15, 0.2) is 35.2 Å². The number of nitrogens with one attached hydrogen (secondary N) is 2. The summed E-state index contributed by atoms with van der Waals surface area (Å²) in [5, 5.41) is 9.47. The fraction of sp³-hybridized carbons (Fsp3) is 0.368. The van der Waals surface area contributed by atoms with Crippen LogP contribution in [-0.4, -0.2) is 53.0 Å². The minimum Gasteiger partial charge on any atom is -0.455 e. The van der Waals surface area contributed by atoms with Crippen LogP contribution in [-0.2, 0) is 19.1 Å². The van der Waals surface area contributed by atoms with Crippen molar-refractivity contribution >= 4 is 29.5 Å². The number of thioether (sulfide) groups is 1. The van der Waals surface area contributed by atoms with E-state index in [1.165, 1.54) is 11.8 Å². The summed E-state index contributed by atoms with van der Waals surface area (Å²) in [6.07, 6.45) is 0. The highest BCUT2D eigenvalue weighted by molar-refractivity contribution is 8.00. The van der Waals surface area contributed by atoms with Gasteiger partial charge in [-0.15, -0.1) is 11.8 Å². The number of nitrogens with zero attached hydrogens (tertiary/aromatic N) is 2. The summed E-state index contributed by atoms with van der Waals surface area (Å²) in [6, 6.07) is 9.73. The maximum atomic E-state index is 11.9. The quantitative estimate of drug-likeness (QED) is 0.484. The molecule has 0 aliphatic carbocycles. The van der Waals surface area contributed by atoms with E-state index in [-0.39, 0.29) is 18.2 Å². The Labute approximate surface area is 168 Å². The van der Waals surface area contributed by atoms with Crippen molar-refractivity contribution in [2.24, 2.45) is 0 Å². The van der Waals surface area contributed by atoms with Crippen molar-refractivity contribution in [2.75, 3.05) is 25.4 Å². The van der Waals surface area contributed by atoms with Crippen molar-refractivity contribution in [3.05, 3.63) is 41.7 Å². The molecular formula is C19H24N4O4S. The van der Waals surface area contributed by atoms with Gasteiger partial charge < -0.3 is 15.4 Å². The molecule has 0 atom stereocenters. The van der Waals surface area contributed by atoms with E-state index in [0.29, 0.717) is 6.54 Å². The lowest BCUT2D eigenvalue weighted by Crippen LogP contribution is -2.38. The van der Waals surface area contributed by atoms with Gasteiger partial charge in [0.15, 0.2) is 6.61 Å². The summed E-state index contributed by atoms with van der Waals surface area (Å²) >= 11 is 1.32. The van der Waals surface area contributed by atoms with E-state index in [1.807, 2.05) is 48.9 Å². The van der Waals surface area contributed by atoms with Crippen molar-refractivity contribution in [1.82, 2.24) is 20.4 Å². The van der Waals surface area contributed by atoms with Crippen LogP contribution in [0.3, 0.4) is 0 Å². The Morgan fingerprint density at radius 3 is 2.50 bits per heavy atom. The molecule has 8 nitrogen and oxygen atoms in total. The van der Waals surface area contributed by atoms with E-state index < -0.39 is 18.5 Å². The van der Waals surface area contributed by atoms with E-state index >= 15 is 0 Å². The molecular weight excluding hydrogens is 380 g/mol. The Bertz CT molecular complexity index is 836. The molecule has 0 spiro atoms. The van der Waals surface area contributed by atoms with Gasteiger partial charge in [-0.1, -0.05) is 18.2 Å². The Kier molecular flexibility index (Phi) is 8.06. The fourth-order valence-electron chi connectivity index (χ4n) is 2.47. The fourth-order valence-corrected chi connectivity index (χ4v) is 3.36. The largest absolute Gasteiger partial charge is 0.455 e. The van der Waals surface area contributed by atoms with E-state index in [2.05, 4.69) is 15.7 Å². The lowest BCUT2D eigenvalue weighted by Gasteiger charge is -2.07. The number of esters is 1. The topological polar surface area (TPSA) is 102 Å². The zero-order chi connectivity index (χ0) is 20.5. The third-order valence-electron chi connectivity index (χ3n) is 3.74. The normalized spacial score (nSPS) is 10.4. The number of aryl methyl sites for hydroxylation is 1. The maximum Gasteiger partial charge on any atom is 0.316 e. The molecule has 0 saturated heterocycles. The summed E-state index contributed by atoms with van der Waals surface area (Å²) in [5.41, 5.74) is 2.70. The summed E-state index contributed by atoms with van der Waals surface area (Å²) in [7, 11) is 0. The number of carbonyl (C=O) groups is 3. The highest BCUT2D eigenvalue weighted by Gasteiger charge is 2.16. The molecule has 1 heterocycles. The van der Waals surface area contributed by atoms with Gasteiger partial charge in [0.25, 0.3) is 5.91 Å². The summed E-state index contributed by atoms with van der Waals surface area (Å²) in [4.78, 5) is 35.7. The third-order valence-corrected chi connectivity index (χ3v) is 5.00. The van der Waals surface area contributed by atoms with Crippen LogP contribution >= 0.6 is 11.8 Å². The number of carbonyl (C=O) groups excluding carboxylic acids is 3. The van der Waals surface area contributed by atoms with Gasteiger partial charge in [0, 0.05) is 6.54 Å². The zero-order valence-electron chi connectivity index (χ0n) is 16.2. The third kappa shape index (κ3) is 6.12. The lowest BCUT2D eigenvalue weighted by atomic mass is 10.3. The Hall–Kier alpha value is -2.81. The first-order valence-corrected chi connectivity index (χ1v) is 9.84. The average molecular weight is 404 g/mol. The molecule has 9 heteroatoms. The molecule has 28 heavy (non-hydrogen) atoms. The van der Waals surface area contributed by atoms with Gasteiger partial charge in [-0.25, -0.2) is 4.68 Å². The summed E-state index contributed by atoms with van der Waals surface area (Å²) in [6.45, 7) is 5.53. The van der Waals surface area contributed by atoms with Crippen LogP contribution in [0.4, 0.5) is 0 Å². The molecule has 150 valence electrons. The SMILES string of the molecule is CCNC(=O)CNC(=O)COC(=O)CSc1c(C)nn(-c2ccccc2)c1C. The second-order valence-electron chi connectivity index (χ2n) is 5.93. The van der Waals surface area contributed by atoms with Gasteiger partial charge in [-0.3, -0.25) is 14.4 Å². The number of amides is 2. The maximum absolute atomic E-state index is 11.9. The Morgan fingerprint density at radius 2 is 1.82 bits per heavy atom. The van der Waals surface area contributed by atoms with Crippen molar-refractivity contribution < 1.29 is 19.1 Å². The van der Waals surface area contributed by atoms with Crippen molar-refractivity contribution in [3.63, 3.8) is 0 Å². The molecule has 0 bridgehead atoms. The average Bonchev–Trinajstić information content (AvgIpc) is 2.97. The van der Waals surface area contributed by atoms with Crippen LogP contribution in [0, 0.1) is 13.8 Å². The molecule has 0 aliphatic rings. The van der Waals surface area contributed by atoms with E-state index in [1.54, 1.807) is 6.92 Å². The molecule has 1 aromatic carbocycles. The van der Waals surface area contributed by atoms with Crippen LogP contribution in [0.2, 0.25) is 0 Å². The second kappa shape index (κ2) is 10.5. The van der Waals surface area contributed by atoms with E-state index in [9.17, 15) is 14.4 Å². The minimum atomic E-state index is -0.520. The molecule has 2 rings (SSSR count). The second-order valence-corrected chi connectivity index (χ2v) is 6.91.